The average Bonchev–Trinajstić information content (AvgIpc) is 2.72. The van der Waals surface area contributed by atoms with Crippen LogP contribution in [0.4, 0.5) is 5.69 Å². The summed E-state index contributed by atoms with van der Waals surface area (Å²) >= 11 is 3.33. The van der Waals surface area contributed by atoms with E-state index in [-0.39, 0.29) is 5.91 Å². The first-order chi connectivity index (χ1) is 8.58. The van der Waals surface area contributed by atoms with Crippen LogP contribution < -0.4 is 11.1 Å². The predicted octanol–water partition coefficient (Wildman–Crippen LogP) is 3.20. The summed E-state index contributed by atoms with van der Waals surface area (Å²) < 4.78 is 0.890. The first-order valence-electron chi connectivity index (χ1n) is 6.41. The van der Waals surface area contributed by atoms with Gasteiger partial charge in [0.05, 0.1) is 5.56 Å². The lowest BCUT2D eigenvalue weighted by Crippen LogP contribution is -2.30. The van der Waals surface area contributed by atoms with Gasteiger partial charge in [-0.05, 0) is 36.5 Å². The van der Waals surface area contributed by atoms with Crippen LogP contribution in [0, 0.1) is 11.8 Å². The number of hydrogen-bond acceptors (Lipinski definition) is 2. The number of rotatable bonds is 3. The maximum Gasteiger partial charge on any atom is 0.253 e. The van der Waals surface area contributed by atoms with Crippen molar-refractivity contribution in [3.8, 4) is 0 Å². The van der Waals surface area contributed by atoms with Crippen LogP contribution >= 0.6 is 15.9 Å². The van der Waals surface area contributed by atoms with Gasteiger partial charge >= 0.3 is 0 Å². The molecule has 1 aromatic carbocycles. The smallest absolute Gasteiger partial charge is 0.253 e. The van der Waals surface area contributed by atoms with Crippen LogP contribution in [0.5, 0.6) is 0 Å². The Balaban J connectivity index is 1.95. The third kappa shape index (κ3) is 3.05. The highest BCUT2D eigenvalue weighted by molar-refractivity contribution is 9.10. The average molecular weight is 311 g/mol. The zero-order valence-electron chi connectivity index (χ0n) is 10.6. The van der Waals surface area contributed by atoms with Gasteiger partial charge in [-0.15, -0.1) is 0 Å². The fraction of sp³-hybridized carbons (Fsp3) is 0.500. The first-order valence-corrected chi connectivity index (χ1v) is 7.20. The minimum absolute atomic E-state index is 0.0703. The highest BCUT2D eigenvalue weighted by atomic mass is 79.9. The molecule has 0 aromatic heterocycles. The molecule has 1 aromatic rings. The zero-order valence-corrected chi connectivity index (χ0v) is 12.2. The molecular formula is C14H19BrN2O. The summed E-state index contributed by atoms with van der Waals surface area (Å²) in [6.07, 6.45) is 3.78. The topological polar surface area (TPSA) is 55.1 Å². The number of carbonyl (C=O) groups is 1. The number of nitrogen functional groups attached to an aromatic ring is 1. The van der Waals surface area contributed by atoms with Crippen molar-refractivity contribution in [1.29, 1.82) is 0 Å². The molecule has 0 aliphatic heterocycles. The molecule has 0 spiro atoms. The van der Waals surface area contributed by atoms with Crippen molar-refractivity contribution in [3.63, 3.8) is 0 Å². The number of hydrogen-bond donors (Lipinski definition) is 2. The third-order valence-corrected chi connectivity index (χ3v) is 4.32. The summed E-state index contributed by atoms with van der Waals surface area (Å²) in [5.74, 6) is 1.26. The number of halogens is 1. The second-order valence-corrected chi connectivity index (χ2v) is 6.03. The van der Waals surface area contributed by atoms with E-state index in [9.17, 15) is 4.79 Å². The van der Waals surface area contributed by atoms with Gasteiger partial charge in [-0.2, -0.15) is 0 Å². The van der Waals surface area contributed by atoms with Gasteiger partial charge in [-0.1, -0.05) is 35.7 Å². The zero-order chi connectivity index (χ0) is 13.1. The minimum atomic E-state index is -0.0703. The molecule has 0 bridgehead atoms. The molecule has 2 unspecified atom stereocenters. The van der Waals surface area contributed by atoms with E-state index in [1.807, 2.05) is 6.07 Å². The Morgan fingerprint density at radius 3 is 2.89 bits per heavy atom. The Bertz CT molecular complexity index is 447. The molecule has 0 radical (unpaired) electrons. The number of anilines is 1. The van der Waals surface area contributed by atoms with E-state index in [0.29, 0.717) is 23.1 Å². The van der Waals surface area contributed by atoms with E-state index in [0.717, 1.165) is 11.0 Å². The highest BCUT2D eigenvalue weighted by Gasteiger charge is 2.23. The van der Waals surface area contributed by atoms with Gasteiger partial charge in [0.2, 0.25) is 0 Å². The summed E-state index contributed by atoms with van der Waals surface area (Å²) in [6.45, 7) is 3.02. The van der Waals surface area contributed by atoms with Crippen molar-refractivity contribution in [2.75, 3.05) is 12.3 Å². The van der Waals surface area contributed by atoms with Crippen LogP contribution in [-0.2, 0) is 0 Å². The predicted molar refractivity (Wildman–Crippen MR) is 77.4 cm³/mol. The number of benzene rings is 1. The van der Waals surface area contributed by atoms with Gasteiger partial charge in [-0.25, -0.2) is 0 Å². The quantitative estimate of drug-likeness (QED) is 0.842. The van der Waals surface area contributed by atoms with Crippen LogP contribution in [0.15, 0.2) is 22.7 Å². The Kier molecular flexibility index (Phi) is 4.27. The van der Waals surface area contributed by atoms with Crippen molar-refractivity contribution in [3.05, 3.63) is 28.2 Å². The standard InChI is InChI=1S/C14H19BrN2O/c1-9-3-2-4-10(9)8-17-14(18)12-6-5-11(15)7-13(12)16/h5-7,9-10H,2-4,8,16H2,1H3,(H,17,18). The Morgan fingerprint density at radius 1 is 1.50 bits per heavy atom. The molecule has 1 saturated carbocycles. The van der Waals surface area contributed by atoms with E-state index >= 15 is 0 Å². The molecule has 18 heavy (non-hydrogen) atoms. The summed E-state index contributed by atoms with van der Waals surface area (Å²) in [5, 5.41) is 3.00. The molecule has 2 rings (SSSR count). The van der Waals surface area contributed by atoms with Crippen molar-refractivity contribution < 1.29 is 4.79 Å². The molecule has 1 aliphatic rings. The second kappa shape index (κ2) is 5.74. The fourth-order valence-corrected chi connectivity index (χ4v) is 2.96. The molecule has 3 nitrogen and oxygen atoms in total. The Hall–Kier alpha value is -1.03. The number of amides is 1. The largest absolute Gasteiger partial charge is 0.398 e. The molecule has 98 valence electrons. The maximum atomic E-state index is 12.0. The SMILES string of the molecule is CC1CCCC1CNC(=O)c1ccc(Br)cc1N. The second-order valence-electron chi connectivity index (χ2n) is 5.11. The molecule has 1 fully saturated rings. The van der Waals surface area contributed by atoms with E-state index in [4.69, 9.17) is 5.73 Å². The number of nitrogens with one attached hydrogen (secondary N) is 1. The molecule has 0 heterocycles. The summed E-state index contributed by atoms with van der Waals surface area (Å²) in [7, 11) is 0. The van der Waals surface area contributed by atoms with Gasteiger partial charge in [0.15, 0.2) is 0 Å². The maximum absolute atomic E-state index is 12.0. The van der Waals surface area contributed by atoms with Gasteiger partial charge in [0.1, 0.15) is 0 Å². The van der Waals surface area contributed by atoms with Gasteiger partial charge in [-0.3, -0.25) is 4.79 Å². The van der Waals surface area contributed by atoms with Gasteiger partial charge in [0.25, 0.3) is 5.91 Å². The molecule has 3 N–H and O–H groups in total. The normalized spacial score (nSPS) is 23.0. The summed E-state index contributed by atoms with van der Waals surface area (Å²) in [6, 6.07) is 5.35. The molecule has 2 atom stereocenters. The van der Waals surface area contributed by atoms with E-state index in [1.165, 1.54) is 19.3 Å². The lowest BCUT2D eigenvalue weighted by atomic mass is 9.98. The highest BCUT2D eigenvalue weighted by Crippen LogP contribution is 2.30. The van der Waals surface area contributed by atoms with E-state index in [2.05, 4.69) is 28.2 Å². The molecule has 1 amide bonds. The van der Waals surface area contributed by atoms with Crippen molar-refractivity contribution in [2.24, 2.45) is 11.8 Å². The molecule has 1 aliphatic carbocycles. The molecule has 4 heteroatoms. The van der Waals surface area contributed by atoms with Crippen molar-refractivity contribution in [2.45, 2.75) is 26.2 Å². The van der Waals surface area contributed by atoms with Crippen molar-refractivity contribution in [1.82, 2.24) is 5.32 Å². The summed E-state index contributed by atoms with van der Waals surface area (Å²) in [5.41, 5.74) is 6.92. The van der Waals surface area contributed by atoms with Gasteiger partial charge in [0, 0.05) is 16.7 Å². The Morgan fingerprint density at radius 2 is 2.28 bits per heavy atom. The number of carbonyl (C=O) groups excluding carboxylic acids is 1. The summed E-state index contributed by atoms with van der Waals surface area (Å²) in [4.78, 5) is 12.0. The lowest BCUT2D eigenvalue weighted by Gasteiger charge is -2.16. The van der Waals surface area contributed by atoms with Crippen LogP contribution in [0.3, 0.4) is 0 Å². The number of nitrogens with two attached hydrogens (primary N) is 1. The lowest BCUT2D eigenvalue weighted by molar-refractivity contribution is 0.0945. The molecular weight excluding hydrogens is 292 g/mol. The third-order valence-electron chi connectivity index (χ3n) is 3.82. The van der Waals surface area contributed by atoms with Gasteiger partial charge < -0.3 is 11.1 Å². The van der Waals surface area contributed by atoms with Crippen LogP contribution in [0.25, 0.3) is 0 Å². The van der Waals surface area contributed by atoms with Crippen LogP contribution in [0.1, 0.15) is 36.5 Å². The minimum Gasteiger partial charge on any atom is -0.398 e. The van der Waals surface area contributed by atoms with Crippen LogP contribution in [-0.4, -0.2) is 12.5 Å². The van der Waals surface area contributed by atoms with Crippen LogP contribution in [0.2, 0.25) is 0 Å². The fourth-order valence-electron chi connectivity index (χ4n) is 2.58. The Labute approximate surface area is 116 Å². The van der Waals surface area contributed by atoms with E-state index in [1.54, 1.807) is 12.1 Å². The molecule has 0 saturated heterocycles. The first kappa shape index (κ1) is 13.4. The van der Waals surface area contributed by atoms with E-state index < -0.39 is 0 Å². The monoisotopic (exact) mass is 310 g/mol. The van der Waals surface area contributed by atoms with Crippen molar-refractivity contribution >= 4 is 27.5 Å².